The summed E-state index contributed by atoms with van der Waals surface area (Å²) in [6, 6.07) is 0. The Morgan fingerprint density at radius 3 is 1.92 bits per heavy atom. The first kappa shape index (κ1) is 13.2. The summed E-state index contributed by atoms with van der Waals surface area (Å²) in [7, 11) is 0. The van der Waals surface area contributed by atoms with Crippen LogP contribution < -0.4 is 0 Å². The van der Waals surface area contributed by atoms with Gasteiger partial charge in [0.15, 0.2) is 6.54 Å². The summed E-state index contributed by atoms with van der Waals surface area (Å²) < 4.78 is 0. The van der Waals surface area contributed by atoms with Crippen molar-refractivity contribution in [2.75, 3.05) is 13.1 Å². The summed E-state index contributed by atoms with van der Waals surface area (Å²) >= 11 is 0. The molecule has 0 saturated carbocycles. The Kier molecular flexibility index (Phi) is 10.5. The van der Waals surface area contributed by atoms with Crippen molar-refractivity contribution in [3.05, 3.63) is 0 Å². The predicted molar refractivity (Wildman–Crippen MR) is 41.2 cm³/mol. The predicted octanol–water partition coefficient (Wildman–Crippen LogP) is 0.634. The fraction of sp³-hybridized carbons (Fsp3) is 0.667. The second-order valence-electron chi connectivity index (χ2n) is 1.67. The average Bonchev–Trinajstić information content (AvgIpc) is 1.86. The molecule has 6 nitrogen and oxygen atoms in total. The zero-order valence-corrected chi connectivity index (χ0v) is 7.02. The average molecular weight is 176 g/mol. The van der Waals surface area contributed by atoms with Crippen molar-refractivity contribution in [3.8, 4) is 0 Å². The van der Waals surface area contributed by atoms with E-state index in [9.17, 15) is 4.79 Å². The highest BCUT2D eigenvalue weighted by molar-refractivity contribution is 5.69. The zero-order chi connectivity index (χ0) is 9.98. The highest BCUT2D eigenvalue weighted by Gasteiger charge is 1.88. The van der Waals surface area contributed by atoms with Crippen LogP contribution in [-0.2, 0) is 9.59 Å². The molecule has 0 saturated heterocycles. The molecule has 0 atom stereocenters. The van der Waals surface area contributed by atoms with E-state index in [4.69, 9.17) is 15.0 Å². The molecular weight excluding hydrogens is 164 g/mol. The van der Waals surface area contributed by atoms with E-state index in [1.165, 1.54) is 0 Å². The van der Waals surface area contributed by atoms with Crippen LogP contribution in [0, 0.1) is 0 Å². The van der Waals surface area contributed by atoms with E-state index in [2.05, 4.69) is 10.2 Å². The quantitative estimate of drug-likeness (QED) is 0.616. The first-order valence-corrected chi connectivity index (χ1v) is 3.25. The molecule has 12 heavy (non-hydrogen) atoms. The first-order chi connectivity index (χ1) is 5.50. The summed E-state index contributed by atoms with van der Waals surface area (Å²) in [6.07, 6.45) is 0. The smallest absolute Gasteiger partial charge is 0.327 e. The Hall–Kier alpha value is -1.46. The molecule has 0 heterocycles. The summed E-state index contributed by atoms with van der Waals surface area (Å²) in [5.41, 5.74) is 0. The van der Waals surface area contributed by atoms with Crippen LogP contribution in [0.2, 0.25) is 0 Å². The molecule has 0 aromatic heterocycles. The lowest BCUT2D eigenvalue weighted by Crippen LogP contribution is -1.97. The van der Waals surface area contributed by atoms with Crippen LogP contribution >= 0.6 is 0 Å². The maximum Gasteiger partial charge on any atom is 0.327 e. The molecule has 0 spiro atoms. The van der Waals surface area contributed by atoms with Crippen LogP contribution in [0.25, 0.3) is 0 Å². The van der Waals surface area contributed by atoms with Crippen molar-refractivity contribution in [2.24, 2.45) is 10.2 Å². The van der Waals surface area contributed by atoms with E-state index in [1.807, 2.05) is 0 Å². The minimum absolute atomic E-state index is 0.214. The molecule has 0 aromatic carbocycles. The van der Waals surface area contributed by atoms with Crippen LogP contribution in [0.15, 0.2) is 10.2 Å². The maximum atomic E-state index is 9.72. The topological polar surface area (TPSA) is 99.3 Å². The van der Waals surface area contributed by atoms with E-state index < -0.39 is 11.9 Å². The molecule has 2 N–H and O–H groups in total. The molecule has 0 aliphatic carbocycles. The van der Waals surface area contributed by atoms with E-state index >= 15 is 0 Å². The van der Waals surface area contributed by atoms with Gasteiger partial charge in [-0.2, -0.15) is 10.2 Å². The lowest BCUT2D eigenvalue weighted by molar-refractivity contribution is -0.136. The summed E-state index contributed by atoms with van der Waals surface area (Å²) in [6.45, 7) is 3.21. The third kappa shape index (κ3) is 38.7. The van der Waals surface area contributed by atoms with Gasteiger partial charge in [0.05, 0.1) is 6.54 Å². The maximum absolute atomic E-state index is 9.72. The third-order valence-electron chi connectivity index (χ3n) is 0.447. The minimum atomic E-state index is -0.942. The van der Waals surface area contributed by atoms with E-state index in [0.717, 1.165) is 6.92 Å². The molecule has 0 rings (SSSR count). The van der Waals surface area contributed by atoms with Gasteiger partial charge in [0.25, 0.3) is 5.97 Å². The van der Waals surface area contributed by atoms with Crippen molar-refractivity contribution >= 4 is 11.9 Å². The molecule has 0 bridgehead atoms. The van der Waals surface area contributed by atoms with E-state index in [1.54, 1.807) is 6.92 Å². The number of nitrogens with zero attached hydrogens (tertiary/aromatic N) is 2. The molecule has 70 valence electrons. The summed E-state index contributed by atoms with van der Waals surface area (Å²) in [4.78, 5) is 18.7. The lowest BCUT2D eigenvalue weighted by atomic mass is 10.7. The largest absolute Gasteiger partial charge is 0.481 e. The number of hydrogen-bond acceptors (Lipinski definition) is 4. The Bertz CT molecular complexity index is 163. The normalized spacial score (nSPS) is 8.83. The van der Waals surface area contributed by atoms with Crippen molar-refractivity contribution in [1.82, 2.24) is 0 Å². The molecule has 0 aliphatic rings. The Labute approximate surface area is 69.9 Å². The fourth-order valence-electron chi connectivity index (χ4n) is 0.210. The van der Waals surface area contributed by atoms with Gasteiger partial charge in [0, 0.05) is 6.92 Å². The second kappa shape index (κ2) is 9.54. The molecule has 0 amide bonds. The van der Waals surface area contributed by atoms with Crippen molar-refractivity contribution < 1.29 is 19.8 Å². The fourth-order valence-corrected chi connectivity index (χ4v) is 0.210. The highest BCUT2D eigenvalue weighted by Crippen LogP contribution is 1.73. The van der Waals surface area contributed by atoms with Gasteiger partial charge in [-0.05, 0) is 6.92 Å². The monoisotopic (exact) mass is 176 g/mol. The Morgan fingerprint density at radius 2 is 1.67 bits per heavy atom. The van der Waals surface area contributed by atoms with Gasteiger partial charge in [-0.3, -0.25) is 9.59 Å². The SMILES string of the molecule is CC(=O)O.CCN=NCC(=O)O. The molecule has 0 radical (unpaired) electrons. The van der Waals surface area contributed by atoms with Crippen molar-refractivity contribution in [3.63, 3.8) is 0 Å². The molecular formula is C6H12N2O4. The third-order valence-corrected chi connectivity index (χ3v) is 0.447. The van der Waals surface area contributed by atoms with Gasteiger partial charge in [-0.15, -0.1) is 0 Å². The van der Waals surface area contributed by atoms with Crippen LogP contribution in [0.1, 0.15) is 13.8 Å². The van der Waals surface area contributed by atoms with Crippen molar-refractivity contribution in [1.29, 1.82) is 0 Å². The first-order valence-electron chi connectivity index (χ1n) is 3.25. The van der Waals surface area contributed by atoms with Gasteiger partial charge in [-0.1, -0.05) is 0 Å². The molecule has 0 aliphatic heterocycles. The highest BCUT2D eigenvalue weighted by atomic mass is 16.4. The number of carbonyl (C=O) groups is 2. The molecule has 0 fully saturated rings. The number of azo groups is 1. The van der Waals surface area contributed by atoms with E-state index in [0.29, 0.717) is 6.54 Å². The second-order valence-corrected chi connectivity index (χ2v) is 1.67. The standard InChI is InChI=1S/C4H8N2O2.C2H4O2/c1-2-5-6-3-4(7)8;1-2(3)4/h2-3H2,1H3,(H,7,8);1H3,(H,3,4). The summed E-state index contributed by atoms with van der Waals surface area (Å²) in [5.74, 6) is -1.78. The minimum Gasteiger partial charge on any atom is -0.481 e. The van der Waals surface area contributed by atoms with Gasteiger partial charge in [0.2, 0.25) is 0 Å². The van der Waals surface area contributed by atoms with Crippen molar-refractivity contribution in [2.45, 2.75) is 13.8 Å². The van der Waals surface area contributed by atoms with Gasteiger partial charge in [0.1, 0.15) is 0 Å². The van der Waals surface area contributed by atoms with Crippen LogP contribution in [0.5, 0.6) is 0 Å². The number of carboxylic acids is 2. The van der Waals surface area contributed by atoms with E-state index in [-0.39, 0.29) is 6.54 Å². The van der Waals surface area contributed by atoms with Gasteiger partial charge in [-0.25, -0.2) is 0 Å². The lowest BCUT2D eigenvalue weighted by Gasteiger charge is -1.80. The van der Waals surface area contributed by atoms with Gasteiger partial charge >= 0.3 is 5.97 Å². The van der Waals surface area contributed by atoms with Gasteiger partial charge < -0.3 is 10.2 Å². The Balaban J connectivity index is 0. The van der Waals surface area contributed by atoms with Crippen LogP contribution in [0.3, 0.4) is 0 Å². The number of aliphatic carboxylic acids is 2. The zero-order valence-electron chi connectivity index (χ0n) is 7.02. The number of rotatable bonds is 3. The molecule has 0 unspecified atom stereocenters. The number of hydrogen-bond donors (Lipinski definition) is 2. The summed E-state index contributed by atoms with van der Waals surface area (Å²) in [5, 5.41) is 22.2. The van der Waals surface area contributed by atoms with Crippen LogP contribution in [-0.4, -0.2) is 35.2 Å². The molecule has 6 heteroatoms. The number of carboxylic acid groups (broad SMARTS) is 2. The molecule has 0 aromatic rings. The Morgan fingerprint density at radius 1 is 1.25 bits per heavy atom. The van der Waals surface area contributed by atoms with Crippen LogP contribution in [0.4, 0.5) is 0 Å².